The van der Waals surface area contributed by atoms with E-state index in [1.54, 1.807) is 0 Å². The van der Waals surface area contributed by atoms with Crippen LogP contribution in [0.4, 0.5) is 0 Å². The van der Waals surface area contributed by atoms with Gasteiger partial charge in [-0.3, -0.25) is 4.55 Å². The summed E-state index contributed by atoms with van der Waals surface area (Å²) in [5.41, 5.74) is 1.44. The summed E-state index contributed by atoms with van der Waals surface area (Å²) in [6, 6.07) is 6.40. The highest BCUT2D eigenvalue weighted by atomic mass is 32.2. The summed E-state index contributed by atoms with van der Waals surface area (Å²) in [6.45, 7) is 5.47. The molecule has 0 radical (unpaired) electrons. The van der Waals surface area contributed by atoms with Crippen molar-refractivity contribution in [2.24, 2.45) is 0 Å². The normalized spacial score (nSPS) is 10.5. The monoisotopic (exact) mass is 246 g/mol. The van der Waals surface area contributed by atoms with E-state index >= 15 is 0 Å². The standard InChI is InChI=1S/C10H16N.CH4O3S/c1-3-7-10-8-5-6-9-11(10)4-2;1-5(2,3)4/h5-6,8-9H,3-4,7H2,1-2H3;1H3,(H,2,3,4)/q+1;. The molecule has 0 atom stereocenters. The molecule has 1 aromatic rings. The summed E-state index contributed by atoms with van der Waals surface area (Å²) in [6.07, 6.45) is 5.27. The van der Waals surface area contributed by atoms with Gasteiger partial charge in [0.05, 0.1) is 6.26 Å². The van der Waals surface area contributed by atoms with Gasteiger partial charge in [0, 0.05) is 18.6 Å². The zero-order valence-corrected chi connectivity index (χ0v) is 10.9. The third-order valence-electron chi connectivity index (χ3n) is 1.88. The number of pyridine rings is 1. The molecule has 0 aromatic carbocycles. The summed E-state index contributed by atoms with van der Waals surface area (Å²) in [4.78, 5) is 0. The Morgan fingerprint density at radius 1 is 1.31 bits per heavy atom. The van der Waals surface area contributed by atoms with Crippen molar-refractivity contribution in [2.45, 2.75) is 33.2 Å². The van der Waals surface area contributed by atoms with Crippen molar-refractivity contribution in [1.82, 2.24) is 0 Å². The van der Waals surface area contributed by atoms with Crippen molar-refractivity contribution in [3.8, 4) is 0 Å². The number of nitrogens with zero attached hydrogens (tertiary/aromatic N) is 1. The third-order valence-corrected chi connectivity index (χ3v) is 1.88. The van der Waals surface area contributed by atoms with Crippen LogP contribution in [0.5, 0.6) is 0 Å². The Hall–Kier alpha value is -0.940. The van der Waals surface area contributed by atoms with Crippen molar-refractivity contribution in [2.75, 3.05) is 6.26 Å². The lowest BCUT2D eigenvalue weighted by molar-refractivity contribution is -0.700. The summed E-state index contributed by atoms with van der Waals surface area (Å²) in [7, 11) is -3.67. The fourth-order valence-electron chi connectivity index (χ4n) is 1.30. The van der Waals surface area contributed by atoms with Crippen LogP contribution in [0.3, 0.4) is 0 Å². The van der Waals surface area contributed by atoms with Crippen molar-refractivity contribution < 1.29 is 17.5 Å². The molecule has 0 saturated heterocycles. The first-order valence-corrected chi connectivity index (χ1v) is 7.13. The largest absolute Gasteiger partial charge is 0.286 e. The maximum Gasteiger partial charge on any atom is 0.261 e. The first-order valence-electron chi connectivity index (χ1n) is 5.28. The molecule has 0 aliphatic rings. The molecule has 0 aliphatic carbocycles. The minimum absolute atomic E-state index is 0.715. The van der Waals surface area contributed by atoms with Gasteiger partial charge in [0.15, 0.2) is 11.9 Å². The van der Waals surface area contributed by atoms with Gasteiger partial charge in [-0.15, -0.1) is 0 Å². The SMILES string of the molecule is CCCc1cccc[n+]1CC.CS(=O)(=O)O. The van der Waals surface area contributed by atoms with Crippen molar-refractivity contribution in [1.29, 1.82) is 0 Å². The second-order valence-electron chi connectivity index (χ2n) is 3.46. The molecule has 0 spiro atoms. The first-order chi connectivity index (χ1) is 7.38. The van der Waals surface area contributed by atoms with Gasteiger partial charge in [0.1, 0.15) is 6.54 Å². The molecule has 1 aromatic heterocycles. The van der Waals surface area contributed by atoms with Crippen LogP contribution in [0.1, 0.15) is 26.0 Å². The molecule has 5 heteroatoms. The second-order valence-corrected chi connectivity index (χ2v) is 4.93. The van der Waals surface area contributed by atoms with Crippen LogP contribution in [0, 0.1) is 0 Å². The Morgan fingerprint density at radius 3 is 2.31 bits per heavy atom. The van der Waals surface area contributed by atoms with E-state index in [0.717, 1.165) is 6.54 Å². The number of hydrogen-bond acceptors (Lipinski definition) is 2. The topological polar surface area (TPSA) is 58.2 Å². The van der Waals surface area contributed by atoms with Crippen LogP contribution in [-0.2, 0) is 23.1 Å². The van der Waals surface area contributed by atoms with Crippen LogP contribution in [-0.4, -0.2) is 19.2 Å². The molecule has 0 amide bonds. The molecule has 0 unspecified atom stereocenters. The number of hydrogen-bond donors (Lipinski definition) is 1. The van der Waals surface area contributed by atoms with Crippen molar-refractivity contribution in [3.05, 3.63) is 30.1 Å². The molecule has 0 aliphatic heterocycles. The minimum Gasteiger partial charge on any atom is -0.286 e. The van der Waals surface area contributed by atoms with E-state index < -0.39 is 10.1 Å². The Bertz CT molecular complexity index is 393. The average molecular weight is 246 g/mol. The molecule has 0 saturated carbocycles. The molecule has 1 heterocycles. The van der Waals surface area contributed by atoms with Crippen LogP contribution < -0.4 is 4.57 Å². The van der Waals surface area contributed by atoms with Crippen molar-refractivity contribution >= 4 is 10.1 Å². The van der Waals surface area contributed by atoms with E-state index in [1.165, 1.54) is 18.5 Å². The number of aryl methyl sites for hydroxylation is 2. The lowest BCUT2D eigenvalue weighted by atomic mass is 10.2. The van der Waals surface area contributed by atoms with Crippen molar-refractivity contribution in [3.63, 3.8) is 0 Å². The zero-order valence-electron chi connectivity index (χ0n) is 10.0. The van der Waals surface area contributed by atoms with Gasteiger partial charge in [-0.25, -0.2) is 4.57 Å². The maximum absolute atomic E-state index is 9.19. The molecule has 0 fully saturated rings. The quantitative estimate of drug-likeness (QED) is 0.648. The van der Waals surface area contributed by atoms with E-state index in [-0.39, 0.29) is 0 Å². The van der Waals surface area contributed by atoms with E-state index in [1.807, 2.05) is 0 Å². The van der Waals surface area contributed by atoms with Gasteiger partial charge in [-0.1, -0.05) is 13.0 Å². The van der Waals surface area contributed by atoms with Gasteiger partial charge in [-0.05, 0) is 13.3 Å². The molecule has 4 nitrogen and oxygen atoms in total. The molecular formula is C11H20NO3S+. The molecule has 0 bridgehead atoms. The Morgan fingerprint density at radius 2 is 1.88 bits per heavy atom. The zero-order chi connectivity index (χ0) is 12.6. The third kappa shape index (κ3) is 8.38. The summed E-state index contributed by atoms with van der Waals surface area (Å²) >= 11 is 0. The van der Waals surface area contributed by atoms with Gasteiger partial charge in [-0.2, -0.15) is 8.42 Å². The van der Waals surface area contributed by atoms with Crippen LogP contribution in [0.2, 0.25) is 0 Å². The van der Waals surface area contributed by atoms with Gasteiger partial charge < -0.3 is 0 Å². The molecular weight excluding hydrogens is 226 g/mol. The van der Waals surface area contributed by atoms with E-state index in [9.17, 15) is 8.42 Å². The van der Waals surface area contributed by atoms with Gasteiger partial charge >= 0.3 is 0 Å². The van der Waals surface area contributed by atoms with Gasteiger partial charge in [0.2, 0.25) is 0 Å². The highest BCUT2D eigenvalue weighted by molar-refractivity contribution is 7.85. The minimum atomic E-state index is -3.67. The van der Waals surface area contributed by atoms with Crippen LogP contribution in [0.25, 0.3) is 0 Å². The van der Waals surface area contributed by atoms with Crippen LogP contribution >= 0.6 is 0 Å². The average Bonchev–Trinajstić information content (AvgIpc) is 2.16. The Balaban J connectivity index is 0.000000385. The van der Waals surface area contributed by atoms with Crippen LogP contribution in [0.15, 0.2) is 24.4 Å². The van der Waals surface area contributed by atoms with E-state index in [2.05, 4.69) is 42.8 Å². The molecule has 92 valence electrons. The number of rotatable bonds is 3. The first kappa shape index (κ1) is 15.1. The van der Waals surface area contributed by atoms with E-state index in [0.29, 0.717) is 6.26 Å². The predicted molar refractivity (Wildman–Crippen MR) is 63.8 cm³/mol. The molecule has 1 N–H and O–H groups in total. The van der Waals surface area contributed by atoms with E-state index in [4.69, 9.17) is 4.55 Å². The fraction of sp³-hybridized carbons (Fsp3) is 0.545. The smallest absolute Gasteiger partial charge is 0.261 e. The molecule has 16 heavy (non-hydrogen) atoms. The Kier molecular flexibility index (Phi) is 6.92. The molecule has 1 rings (SSSR count). The maximum atomic E-state index is 9.19. The van der Waals surface area contributed by atoms with Gasteiger partial charge in [0.25, 0.3) is 10.1 Å². The lowest BCUT2D eigenvalue weighted by Gasteiger charge is -1.98. The lowest BCUT2D eigenvalue weighted by Crippen LogP contribution is -2.36. The number of aromatic nitrogens is 1. The second kappa shape index (κ2) is 7.35. The summed E-state index contributed by atoms with van der Waals surface area (Å²) in [5, 5.41) is 0. The highest BCUT2D eigenvalue weighted by Gasteiger charge is 2.03. The Labute approximate surface area is 97.7 Å². The highest BCUT2D eigenvalue weighted by Crippen LogP contribution is 1.95. The summed E-state index contributed by atoms with van der Waals surface area (Å²) < 4.78 is 28.2. The fourth-order valence-corrected chi connectivity index (χ4v) is 1.30. The summed E-state index contributed by atoms with van der Waals surface area (Å²) in [5.74, 6) is 0. The predicted octanol–water partition coefficient (Wildman–Crippen LogP) is 1.45.